The molecule has 120 valence electrons. The number of likely N-dealkylation sites (tertiary alicyclic amines) is 1. The Bertz CT molecular complexity index is 417. The fourth-order valence-electron chi connectivity index (χ4n) is 2.15. The lowest BCUT2D eigenvalue weighted by Crippen LogP contribution is -2.39. The first-order chi connectivity index (χ1) is 9.58. The van der Waals surface area contributed by atoms with Crippen molar-refractivity contribution in [1.29, 1.82) is 0 Å². The van der Waals surface area contributed by atoms with E-state index < -0.39 is 23.5 Å². The number of nitrogens with zero attached hydrogens (tertiary/aromatic N) is 1. The van der Waals surface area contributed by atoms with Crippen LogP contribution < -0.4 is 11.1 Å². The highest BCUT2D eigenvalue weighted by atomic mass is 16.6. The Balaban J connectivity index is 2.34. The molecule has 0 aliphatic carbocycles. The van der Waals surface area contributed by atoms with E-state index in [1.807, 2.05) is 6.92 Å². The second-order valence-corrected chi connectivity index (χ2v) is 6.59. The second-order valence-electron chi connectivity index (χ2n) is 6.59. The van der Waals surface area contributed by atoms with Crippen LogP contribution in [0.1, 0.15) is 34.1 Å². The van der Waals surface area contributed by atoms with Gasteiger partial charge >= 0.3 is 6.09 Å². The summed E-state index contributed by atoms with van der Waals surface area (Å²) >= 11 is 0. The summed E-state index contributed by atoms with van der Waals surface area (Å²) in [5.74, 6) is -0.843. The van der Waals surface area contributed by atoms with Crippen molar-refractivity contribution in [1.82, 2.24) is 10.2 Å². The fourth-order valence-corrected chi connectivity index (χ4v) is 2.15. The van der Waals surface area contributed by atoms with E-state index in [0.717, 1.165) is 0 Å². The Hall–Kier alpha value is -1.79. The van der Waals surface area contributed by atoms with Gasteiger partial charge in [-0.05, 0) is 26.7 Å². The van der Waals surface area contributed by atoms with Crippen LogP contribution in [0, 0.1) is 11.8 Å². The number of rotatable bonds is 5. The summed E-state index contributed by atoms with van der Waals surface area (Å²) in [5, 5.41) is 2.67. The Kier molecular flexibility index (Phi) is 5.57. The number of hydrogen-bond donors (Lipinski definition) is 2. The van der Waals surface area contributed by atoms with Crippen molar-refractivity contribution in [2.24, 2.45) is 17.6 Å². The minimum atomic E-state index is -0.535. The molecule has 0 bridgehead atoms. The number of primary amides is 1. The molecular formula is C14H25N3O4. The van der Waals surface area contributed by atoms with Gasteiger partial charge in [-0.25, -0.2) is 4.79 Å². The van der Waals surface area contributed by atoms with Crippen molar-refractivity contribution in [3.8, 4) is 0 Å². The molecule has 1 saturated heterocycles. The standard InChI is InChI=1S/C14H25N3O4/c1-9(6-16-13(20)21-14(2,3)4)7-17-8-10(12(15)19)5-11(17)18/h9-10H,5-8H2,1-4H3,(H2,15,19)(H,16,20). The molecule has 0 aromatic heterocycles. The zero-order chi connectivity index (χ0) is 16.2. The van der Waals surface area contributed by atoms with Gasteiger partial charge in [-0.2, -0.15) is 0 Å². The lowest BCUT2D eigenvalue weighted by molar-refractivity contribution is -0.128. The molecule has 0 aromatic carbocycles. The van der Waals surface area contributed by atoms with Gasteiger partial charge in [-0.3, -0.25) is 9.59 Å². The Morgan fingerprint density at radius 3 is 2.57 bits per heavy atom. The van der Waals surface area contributed by atoms with Gasteiger partial charge in [0.1, 0.15) is 5.60 Å². The van der Waals surface area contributed by atoms with Gasteiger partial charge < -0.3 is 20.7 Å². The first-order valence-electron chi connectivity index (χ1n) is 7.12. The van der Waals surface area contributed by atoms with Gasteiger partial charge in [-0.15, -0.1) is 0 Å². The number of hydrogen-bond acceptors (Lipinski definition) is 4. The summed E-state index contributed by atoms with van der Waals surface area (Å²) in [6.45, 7) is 8.56. The molecule has 0 aromatic rings. The number of amides is 3. The van der Waals surface area contributed by atoms with Crippen LogP contribution in [0.25, 0.3) is 0 Å². The molecule has 1 aliphatic rings. The molecule has 21 heavy (non-hydrogen) atoms. The van der Waals surface area contributed by atoms with Crippen LogP contribution >= 0.6 is 0 Å². The lowest BCUT2D eigenvalue weighted by Gasteiger charge is -2.23. The molecule has 1 aliphatic heterocycles. The van der Waals surface area contributed by atoms with Gasteiger partial charge in [0, 0.05) is 26.1 Å². The Morgan fingerprint density at radius 2 is 2.10 bits per heavy atom. The molecule has 7 nitrogen and oxygen atoms in total. The predicted molar refractivity (Wildman–Crippen MR) is 77.3 cm³/mol. The van der Waals surface area contributed by atoms with E-state index in [2.05, 4.69) is 5.32 Å². The van der Waals surface area contributed by atoms with E-state index in [-0.39, 0.29) is 18.2 Å². The summed E-state index contributed by atoms with van der Waals surface area (Å²) in [4.78, 5) is 36.0. The third-order valence-corrected chi connectivity index (χ3v) is 3.14. The first-order valence-corrected chi connectivity index (χ1v) is 7.12. The maximum absolute atomic E-state index is 11.8. The van der Waals surface area contributed by atoms with E-state index in [9.17, 15) is 14.4 Å². The average molecular weight is 299 g/mol. The predicted octanol–water partition coefficient (Wildman–Crippen LogP) is 0.481. The largest absolute Gasteiger partial charge is 0.444 e. The molecule has 0 saturated carbocycles. The van der Waals surface area contributed by atoms with Crippen molar-refractivity contribution < 1.29 is 19.1 Å². The van der Waals surface area contributed by atoms with Crippen LogP contribution in [0.5, 0.6) is 0 Å². The average Bonchev–Trinajstić information content (AvgIpc) is 2.66. The smallest absolute Gasteiger partial charge is 0.407 e. The highest BCUT2D eigenvalue weighted by molar-refractivity contribution is 5.88. The van der Waals surface area contributed by atoms with Gasteiger partial charge in [0.05, 0.1) is 5.92 Å². The monoisotopic (exact) mass is 299 g/mol. The topological polar surface area (TPSA) is 102 Å². The Morgan fingerprint density at radius 1 is 1.48 bits per heavy atom. The molecule has 1 fully saturated rings. The summed E-state index contributed by atoms with van der Waals surface area (Å²) in [7, 11) is 0. The third kappa shape index (κ3) is 6.01. The number of alkyl carbamates (subject to hydrolysis) is 1. The molecule has 0 spiro atoms. The maximum atomic E-state index is 11.8. The lowest BCUT2D eigenvalue weighted by atomic mass is 10.1. The highest BCUT2D eigenvalue weighted by Crippen LogP contribution is 2.18. The van der Waals surface area contributed by atoms with Gasteiger partial charge in [0.25, 0.3) is 0 Å². The fraction of sp³-hybridized carbons (Fsp3) is 0.786. The minimum Gasteiger partial charge on any atom is -0.444 e. The summed E-state index contributed by atoms with van der Waals surface area (Å²) < 4.78 is 5.14. The van der Waals surface area contributed by atoms with E-state index in [1.54, 1.807) is 25.7 Å². The van der Waals surface area contributed by atoms with Crippen molar-refractivity contribution in [3.05, 3.63) is 0 Å². The van der Waals surface area contributed by atoms with Crippen molar-refractivity contribution in [2.45, 2.75) is 39.7 Å². The van der Waals surface area contributed by atoms with Crippen molar-refractivity contribution >= 4 is 17.9 Å². The quantitative estimate of drug-likeness (QED) is 0.771. The van der Waals surface area contributed by atoms with E-state index in [1.165, 1.54) is 0 Å². The summed E-state index contributed by atoms with van der Waals surface area (Å²) in [5.41, 5.74) is 4.68. The molecule has 1 rings (SSSR count). The van der Waals surface area contributed by atoms with Crippen LogP contribution in [0.3, 0.4) is 0 Å². The normalized spacial score (nSPS) is 20.3. The molecule has 7 heteroatoms. The molecule has 2 atom stereocenters. The first kappa shape index (κ1) is 17.3. The van der Waals surface area contributed by atoms with Crippen LogP contribution in [0.15, 0.2) is 0 Å². The molecule has 3 amide bonds. The highest BCUT2D eigenvalue weighted by Gasteiger charge is 2.33. The van der Waals surface area contributed by atoms with Crippen LogP contribution in [0.2, 0.25) is 0 Å². The van der Waals surface area contributed by atoms with E-state index in [4.69, 9.17) is 10.5 Å². The number of ether oxygens (including phenoxy) is 1. The maximum Gasteiger partial charge on any atom is 0.407 e. The van der Waals surface area contributed by atoms with Crippen molar-refractivity contribution in [3.63, 3.8) is 0 Å². The molecule has 1 heterocycles. The van der Waals surface area contributed by atoms with Crippen LogP contribution in [-0.4, -0.2) is 48.0 Å². The summed E-state index contributed by atoms with van der Waals surface area (Å²) in [6, 6.07) is 0. The molecule has 3 N–H and O–H groups in total. The van der Waals surface area contributed by atoms with Crippen LogP contribution in [-0.2, 0) is 14.3 Å². The van der Waals surface area contributed by atoms with Gasteiger partial charge in [0.15, 0.2) is 0 Å². The second kappa shape index (κ2) is 6.78. The number of nitrogens with two attached hydrogens (primary N) is 1. The van der Waals surface area contributed by atoms with E-state index in [0.29, 0.717) is 19.6 Å². The number of carbonyl (C=O) groups excluding carboxylic acids is 3. The minimum absolute atomic E-state index is 0.0631. The van der Waals surface area contributed by atoms with Gasteiger partial charge in [0.2, 0.25) is 11.8 Å². The zero-order valence-electron chi connectivity index (χ0n) is 13.1. The number of nitrogens with one attached hydrogen (secondary N) is 1. The third-order valence-electron chi connectivity index (χ3n) is 3.14. The number of carbonyl (C=O) groups is 3. The summed E-state index contributed by atoms with van der Waals surface area (Å²) in [6.07, 6.45) is -0.293. The Labute approximate surface area is 125 Å². The van der Waals surface area contributed by atoms with Crippen LogP contribution in [0.4, 0.5) is 4.79 Å². The zero-order valence-corrected chi connectivity index (χ0v) is 13.1. The molecular weight excluding hydrogens is 274 g/mol. The van der Waals surface area contributed by atoms with Gasteiger partial charge in [-0.1, -0.05) is 6.92 Å². The molecule has 2 unspecified atom stereocenters. The van der Waals surface area contributed by atoms with Crippen molar-refractivity contribution in [2.75, 3.05) is 19.6 Å². The SMILES string of the molecule is CC(CNC(=O)OC(C)(C)C)CN1CC(C(N)=O)CC1=O. The van der Waals surface area contributed by atoms with E-state index >= 15 is 0 Å². The molecule has 0 radical (unpaired) electrons.